The Morgan fingerprint density at radius 3 is 2.71 bits per heavy atom. The summed E-state index contributed by atoms with van der Waals surface area (Å²) in [5.74, 6) is -0.707. The van der Waals surface area contributed by atoms with E-state index in [0.717, 1.165) is 12.8 Å². The van der Waals surface area contributed by atoms with Crippen molar-refractivity contribution in [2.45, 2.75) is 25.4 Å². The van der Waals surface area contributed by atoms with Gasteiger partial charge in [0.15, 0.2) is 0 Å². The van der Waals surface area contributed by atoms with Crippen molar-refractivity contribution < 1.29 is 18.8 Å². The summed E-state index contributed by atoms with van der Waals surface area (Å²) in [6.45, 7) is 0.944. The zero-order chi connectivity index (χ0) is 20.1. The highest BCUT2D eigenvalue weighted by Gasteiger charge is 2.34. The molecule has 0 spiro atoms. The molecule has 1 amide bonds. The Balaban J connectivity index is 1.84. The molecule has 1 fully saturated rings. The standard InChI is InChI=1S/C20H22FN3O4/c1-28-11-10-22-18-9-6-14(12-19(18)24(26)27)20(25)23(16-7-8-16)13-15-4-2-3-5-17(15)21/h2-6,9,12,16,22H,7-8,10-11,13H2,1H3. The lowest BCUT2D eigenvalue weighted by Gasteiger charge is -2.23. The van der Waals surface area contributed by atoms with Crippen molar-refractivity contribution in [3.63, 3.8) is 0 Å². The molecule has 0 aromatic heterocycles. The fourth-order valence-electron chi connectivity index (χ4n) is 2.98. The Bertz CT molecular complexity index is 870. The largest absolute Gasteiger partial charge is 0.383 e. The van der Waals surface area contributed by atoms with Gasteiger partial charge in [0.2, 0.25) is 0 Å². The molecule has 1 N–H and O–H groups in total. The number of methoxy groups -OCH3 is 1. The third kappa shape index (κ3) is 4.64. The molecule has 0 heterocycles. The number of nitro benzene ring substituents is 1. The Kier molecular flexibility index (Phi) is 6.20. The van der Waals surface area contributed by atoms with Gasteiger partial charge in [-0.2, -0.15) is 0 Å². The van der Waals surface area contributed by atoms with Gasteiger partial charge in [-0.05, 0) is 31.0 Å². The van der Waals surface area contributed by atoms with Crippen molar-refractivity contribution in [2.75, 3.05) is 25.6 Å². The van der Waals surface area contributed by atoms with Crippen molar-refractivity contribution in [2.24, 2.45) is 0 Å². The van der Waals surface area contributed by atoms with Crippen LogP contribution in [0.5, 0.6) is 0 Å². The Labute approximate surface area is 162 Å². The minimum atomic E-state index is -0.524. The first-order chi connectivity index (χ1) is 13.5. The molecule has 2 aromatic carbocycles. The van der Waals surface area contributed by atoms with Gasteiger partial charge in [0, 0.05) is 43.4 Å². The first-order valence-electron chi connectivity index (χ1n) is 9.07. The van der Waals surface area contributed by atoms with Crippen LogP contribution in [0.25, 0.3) is 0 Å². The fourth-order valence-corrected chi connectivity index (χ4v) is 2.98. The number of ether oxygens (including phenoxy) is 1. The lowest BCUT2D eigenvalue weighted by atomic mass is 10.1. The van der Waals surface area contributed by atoms with E-state index in [1.165, 1.54) is 18.2 Å². The second kappa shape index (κ2) is 8.79. The SMILES string of the molecule is COCCNc1ccc(C(=O)N(Cc2ccccc2F)C2CC2)cc1[N+](=O)[O-]. The molecule has 0 saturated heterocycles. The maximum atomic E-state index is 14.0. The van der Waals surface area contributed by atoms with E-state index in [1.807, 2.05) is 0 Å². The topological polar surface area (TPSA) is 84.7 Å². The average Bonchev–Trinajstić information content (AvgIpc) is 3.52. The van der Waals surface area contributed by atoms with E-state index in [1.54, 1.807) is 36.3 Å². The summed E-state index contributed by atoms with van der Waals surface area (Å²) >= 11 is 0. The van der Waals surface area contributed by atoms with Crippen LogP contribution in [0.2, 0.25) is 0 Å². The van der Waals surface area contributed by atoms with Gasteiger partial charge in [0.05, 0.1) is 11.5 Å². The predicted molar refractivity (Wildman–Crippen MR) is 103 cm³/mol. The lowest BCUT2D eigenvalue weighted by Crippen LogP contribution is -2.33. The van der Waals surface area contributed by atoms with E-state index in [2.05, 4.69) is 5.32 Å². The summed E-state index contributed by atoms with van der Waals surface area (Å²) in [7, 11) is 1.54. The zero-order valence-electron chi connectivity index (χ0n) is 15.6. The molecular weight excluding hydrogens is 365 g/mol. The van der Waals surface area contributed by atoms with Crippen LogP contribution >= 0.6 is 0 Å². The number of nitro groups is 1. The van der Waals surface area contributed by atoms with Gasteiger partial charge in [-0.1, -0.05) is 18.2 Å². The number of anilines is 1. The molecule has 0 atom stereocenters. The maximum absolute atomic E-state index is 14.0. The van der Waals surface area contributed by atoms with Gasteiger partial charge >= 0.3 is 0 Å². The molecule has 7 nitrogen and oxygen atoms in total. The molecule has 1 saturated carbocycles. The number of nitrogens with zero attached hydrogens (tertiary/aromatic N) is 2. The van der Waals surface area contributed by atoms with Crippen LogP contribution in [0, 0.1) is 15.9 Å². The molecule has 28 heavy (non-hydrogen) atoms. The minimum absolute atomic E-state index is 0.0330. The van der Waals surface area contributed by atoms with Crippen molar-refractivity contribution in [1.82, 2.24) is 4.90 Å². The summed E-state index contributed by atoms with van der Waals surface area (Å²) in [6.07, 6.45) is 1.69. The first-order valence-corrected chi connectivity index (χ1v) is 9.07. The number of carbonyl (C=O) groups excluding carboxylic acids is 1. The quantitative estimate of drug-likeness (QED) is 0.404. The number of rotatable bonds is 9. The van der Waals surface area contributed by atoms with Gasteiger partial charge in [-0.25, -0.2) is 4.39 Å². The van der Waals surface area contributed by atoms with E-state index < -0.39 is 4.92 Å². The minimum Gasteiger partial charge on any atom is -0.383 e. The molecule has 0 radical (unpaired) electrons. The van der Waals surface area contributed by atoms with Crippen molar-refractivity contribution in [3.05, 3.63) is 69.5 Å². The lowest BCUT2D eigenvalue weighted by molar-refractivity contribution is -0.384. The molecule has 8 heteroatoms. The van der Waals surface area contributed by atoms with Crippen LogP contribution < -0.4 is 5.32 Å². The van der Waals surface area contributed by atoms with Crippen LogP contribution in [0.4, 0.5) is 15.8 Å². The van der Waals surface area contributed by atoms with E-state index >= 15 is 0 Å². The molecule has 0 aliphatic heterocycles. The summed E-state index contributed by atoms with van der Waals surface area (Å²) in [5.41, 5.74) is 0.789. The first kappa shape index (κ1) is 19.8. The predicted octanol–water partition coefficient (Wildman–Crippen LogP) is 3.60. The van der Waals surface area contributed by atoms with Crippen LogP contribution in [0.1, 0.15) is 28.8 Å². The average molecular weight is 387 g/mol. The summed E-state index contributed by atoms with van der Waals surface area (Å²) in [5, 5.41) is 14.4. The molecule has 3 rings (SSSR count). The zero-order valence-corrected chi connectivity index (χ0v) is 15.6. The van der Waals surface area contributed by atoms with E-state index in [9.17, 15) is 19.3 Å². The van der Waals surface area contributed by atoms with Crippen LogP contribution in [-0.2, 0) is 11.3 Å². The molecule has 1 aliphatic rings. The Morgan fingerprint density at radius 1 is 1.32 bits per heavy atom. The highest BCUT2D eigenvalue weighted by atomic mass is 19.1. The number of amides is 1. The smallest absolute Gasteiger partial charge is 0.293 e. The highest BCUT2D eigenvalue weighted by Crippen LogP contribution is 2.32. The molecular formula is C20H22FN3O4. The monoisotopic (exact) mass is 387 g/mol. The van der Waals surface area contributed by atoms with E-state index in [0.29, 0.717) is 24.4 Å². The third-order valence-electron chi connectivity index (χ3n) is 4.61. The van der Waals surface area contributed by atoms with Crippen molar-refractivity contribution >= 4 is 17.3 Å². The van der Waals surface area contributed by atoms with Gasteiger partial charge in [-0.15, -0.1) is 0 Å². The van der Waals surface area contributed by atoms with Crippen LogP contribution in [0.15, 0.2) is 42.5 Å². The van der Waals surface area contributed by atoms with Gasteiger partial charge in [0.1, 0.15) is 11.5 Å². The number of halogens is 1. The van der Waals surface area contributed by atoms with Crippen LogP contribution in [0.3, 0.4) is 0 Å². The highest BCUT2D eigenvalue weighted by molar-refractivity contribution is 5.96. The van der Waals surface area contributed by atoms with E-state index in [4.69, 9.17) is 4.74 Å². The number of nitrogens with one attached hydrogen (secondary N) is 1. The van der Waals surface area contributed by atoms with Gasteiger partial charge < -0.3 is 15.0 Å². The normalized spacial score (nSPS) is 13.2. The third-order valence-corrected chi connectivity index (χ3v) is 4.61. The maximum Gasteiger partial charge on any atom is 0.293 e. The summed E-state index contributed by atoms with van der Waals surface area (Å²) in [6, 6.07) is 10.7. The second-order valence-corrected chi connectivity index (χ2v) is 6.66. The molecule has 148 valence electrons. The molecule has 2 aromatic rings. The van der Waals surface area contributed by atoms with Crippen molar-refractivity contribution in [3.8, 4) is 0 Å². The van der Waals surface area contributed by atoms with Crippen LogP contribution in [-0.4, -0.2) is 42.0 Å². The second-order valence-electron chi connectivity index (χ2n) is 6.66. The van der Waals surface area contributed by atoms with Gasteiger partial charge in [0.25, 0.3) is 11.6 Å². The number of carbonyl (C=O) groups is 1. The summed E-state index contributed by atoms with van der Waals surface area (Å²) < 4.78 is 19.0. The Morgan fingerprint density at radius 2 is 2.07 bits per heavy atom. The van der Waals surface area contributed by atoms with Gasteiger partial charge in [-0.3, -0.25) is 14.9 Å². The molecule has 1 aliphatic carbocycles. The summed E-state index contributed by atoms with van der Waals surface area (Å²) in [4.78, 5) is 25.5. The van der Waals surface area contributed by atoms with E-state index in [-0.39, 0.29) is 35.6 Å². The fraction of sp³-hybridized carbons (Fsp3) is 0.350. The number of hydrogen-bond donors (Lipinski definition) is 1. The molecule has 0 bridgehead atoms. The van der Waals surface area contributed by atoms with Crippen molar-refractivity contribution in [1.29, 1.82) is 0 Å². The Hall–Kier alpha value is -3.00. The molecule has 0 unspecified atom stereocenters. The number of hydrogen-bond acceptors (Lipinski definition) is 5. The number of benzene rings is 2.